The second-order valence-electron chi connectivity index (χ2n) is 7.95. The summed E-state index contributed by atoms with van der Waals surface area (Å²) in [4.78, 5) is 16.8. The molecule has 0 aromatic carbocycles. The number of aromatic nitrogens is 6. The number of hydrazone groups is 1. The topological polar surface area (TPSA) is 106 Å². The number of thiazole rings is 1. The van der Waals surface area contributed by atoms with E-state index in [1.165, 1.54) is 0 Å². The van der Waals surface area contributed by atoms with Gasteiger partial charge in [0.15, 0.2) is 11.6 Å². The molecule has 0 amide bonds. The van der Waals surface area contributed by atoms with Crippen molar-refractivity contribution in [1.82, 2.24) is 35.1 Å². The molecule has 160 valence electrons. The van der Waals surface area contributed by atoms with Crippen molar-refractivity contribution in [3.8, 4) is 5.69 Å². The van der Waals surface area contributed by atoms with Crippen molar-refractivity contribution >= 4 is 23.4 Å². The number of fused-ring (bicyclic) bond motifs is 3. The summed E-state index contributed by atoms with van der Waals surface area (Å²) < 4.78 is 7.67. The van der Waals surface area contributed by atoms with Gasteiger partial charge in [-0.05, 0) is 19.3 Å². The van der Waals surface area contributed by atoms with Gasteiger partial charge in [-0.3, -0.25) is 9.99 Å². The number of anilines is 1. The number of hydrogen-bond donors (Lipinski definition) is 1. The van der Waals surface area contributed by atoms with Crippen LogP contribution in [0.5, 0.6) is 0 Å². The zero-order valence-electron chi connectivity index (χ0n) is 17.1. The molecule has 0 radical (unpaired) electrons. The lowest BCUT2D eigenvalue weighted by Crippen LogP contribution is -2.45. The van der Waals surface area contributed by atoms with E-state index >= 15 is 0 Å². The summed E-state index contributed by atoms with van der Waals surface area (Å²) in [6, 6.07) is 0.410. The quantitative estimate of drug-likeness (QED) is 0.663. The molecular formula is C20H23N9OS. The van der Waals surface area contributed by atoms with E-state index in [0.717, 1.165) is 60.6 Å². The van der Waals surface area contributed by atoms with Crippen LogP contribution >= 0.6 is 11.3 Å². The van der Waals surface area contributed by atoms with Crippen LogP contribution in [-0.2, 0) is 4.74 Å². The fourth-order valence-electron chi connectivity index (χ4n) is 4.78. The fourth-order valence-corrected chi connectivity index (χ4v) is 5.51. The third-order valence-electron chi connectivity index (χ3n) is 6.28. The summed E-state index contributed by atoms with van der Waals surface area (Å²) >= 11 is 1.61. The van der Waals surface area contributed by atoms with Crippen LogP contribution < -0.4 is 10.3 Å². The van der Waals surface area contributed by atoms with Crippen LogP contribution in [0.3, 0.4) is 0 Å². The predicted molar refractivity (Wildman–Crippen MR) is 116 cm³/mol. The van der Waals surface area contributed by atoms with Gasteiger partial charge in [-0.15, -0.1) is 21.5 Å². The van der Waals surface area contributed by atoms with Crippen molar-refractivity contribution in [3.05, 3.63) is 40.8 Å². The molecule has 3 atom stereocenters. The smallest absolute Gasteiger partial charge is 0.160 e. The van der Waals surface area contributed by atoms with E-state index in [0.29, 0.717) is 6.04 Å². The molecule has 3 aromatic rings. The van der Waals surface area contributed by atoms with Crippen molar-refractivity contribution in [2.75, 3.05) is 18.1 Å². The minimum absolute atomic E-state index is 0.0504. The molecule has 1 N–H and O–H groups in total. The van der Waals surface area contributed by atoms with Crippen LogP contribution in [0.4, 0.5) is 5.82 Å². The van der Waals surface area contributed by atoms with Gasteiger partial charge in [-0.2, -0.15) is 5.10 Å². The number of hydrogen-bond acceptors (Lipinski definition) is 10. The highest BCUT2D eigenvalue weighted by atomic mass is 32.1. The highest BCUT2D eigenvalue weighted by Crippen LogP contribution is 2.42. The molecule has 10 nitrogen and oxygen atoms in total. The molecule has 0 aliphatic carbocycles. The van der Waals surface area contributed by atoms with Crippen molar-refractivity contribution in [1.29, 1.82) is 0 Å². The van der Waals surface area contributed by atoms with Crippen LogP contribution in [0.2, 0.25) is 0 Å². The largest absolute Gasteiger partial charge is 0.381 e. The second-order valence-corrected chi connectivity index (χ2v) is 8.88. The molecular weight excluding hydrogens is 414 g/mol. The molecule has 6 rings (SSSR count). The molecule has 0 saturated carbocycles. The van der Waals surface area contributed by atoms with Crippen molar-refractivity contribution < 1.29 is 4.74 Å². The Morgan fingerprint density at radius 3 is 2.97 bits per heavy atom. The first-order chi connectivity index (χ1) is 15.3. The lowest BCUT2D eigenvalue weighted by Gasteiger charge is -2.43. The average molecular weight is 438 g/mol. The van der Waals surface area contributed by atoms with Crippen LogP contribution in [-0.4, -0.2) is 55.2 Å². The summed E-state index contributed by atoms with van der Waals surface area (Å²) in [6.07, 6.45) is 10.2. The Morgan fingerprint density at radius 1 is 1.26 bits per heavy atom. The fraction of sp³-hybridized carbons (Fsp3) is 0.500. The Hall–Kier alpha value is -2.92. The number of nitrogens with zero attached hydrogens (tertiary/aromatic N) is 8. The van der Waals surface area contributed by atoms with Crippen LogP contribution in [0.15, 0.2) is 29.2 Å². The van der Waals surface area contributed by atoms with Gasteiger partial charge >= 0.3 is 0 Å². The van der Waals surface area contributed by atoms with Gasteiger partial charge in [0.05, 0.1) is 18.2 Å². The summed E-state index contributed by atoms with van der Waals surface area (Å²) in [5, 5.41) is 15.9. The minimum Gasteiger partial charge on any atom is -0.381 e. The first-order valence-corrected chi connectivity index (χ1v) is 11.5. The molecule has 0 spiro atoms. The summed E-state index contributed by atoms with van der Waals surface area (Å²) in [5.41, 5.74) is 4.10. The summed E-state index contributed by atoms with van der Waals surface area (Å²) in [6.45, 7) is 3.72. The third kappa shape index (κ3) is 3.02. The Labute approximate surface area is 183 Å². The van der Waals surface area contributed by atoms with Crippen LogP contribution in [0.1, 0.15) is 60.8 Å². The predicted octanol–water partition coefficient (Wildman–Crippen LogP) is 2.38. The molecule has 11 heteroatoms. The zero-order chi connectivity index (χ0) is 20.8. The normalized spacial score (nSPS) is 25.3. The van der Waals surface area contributed by atoms with Gasteiger partial charge < -0.3 is 9.64 Å². The molecule has 3 aromatic heterocycles. The zero-order valence-corrected chi connectivity index (χ0v) is 17.9. The van der Waals surface area contributed by atoms with Crippen molar-refractivity contribution in [2.45, 2.75) is 50.2 Å². The van der Waals surface area contributed by atoms with Gasteiger partial charge in [-0.25, -0.2) is 15.0 Å². The van der Waals surface area contributed by atoms with Gasteiger partial charge in [0.1, 0.15) is 28.9 Å². The maximum absolute atomic E-state index is 5.64. The number of nitrogens with one attached hydrogen (secondary N) is 1. The highest BCUT2D eigenvalue weighted by Gasteiger charge is 2.39. The van der Waals surface area contributed by atoms with E-state index in [9.17, 15) is 0 Å². The summed E-state index contributed by atoms with van der Waals surface area (Å²) in [5.74, 6) is 2.56. The second kappa shape index (κ2) is 7.65. The number of ether oxygens (including phenoxy) is 1. The van der Waals surface area contributed by atoms with E-state index in [4.69, 9.17) is 14.7 Å². The highest BCUT2D eigenvalue weighted by molar-refractivity contribution is 7.09. The van der Waals surface area contributed by atoms with Crippen molar-refractivity contribution in [2.24, 2.45) is 5.10 Å². The Morgan fingerprint density at radius 2 is 2.16 bits per heavy atom. The van der Waals surface area contributed by atoms with Crippen LogP contribution in [0, 0.1) is 0 Å². The van der Waals surface area contributed by atoms with Gasteiger partial charge in [-0.1, -0.05) is 6.92 Å². The average Bonchev–Trinajstić information content (AvgIpc) is 3.59. The minimum atomic E-state index is -0.0737. The lowest BCUT2D eigenvalue weighted by molar-refractivity contribution is 0.0817. The van der Waals surface area contributed by atoms with Crippen molar-refractivity contribution in [3.63, 3.8) is 0 Å². The Balaban J connectivity index is 1.45. The molecule has 3 aliphatic rings. The van der Waals surface area contributed by atoms with Gasteiger partial charge in [0.25, 0.3) is 0 Å². The molecule has 1 saturated heterocycles. The first kappa shape index (κ1) is 18.8. The van der Waals surface area contributed by atoms with E-state index in [-0.39, 0.29) is 18.0 Å². The molecule has 1 fully saturated rings. The Bertz CT molecular complexity index is 1090. The Kier molecular flexibility index (Phi) is 4.64. The maximum atomic E-state index is 5.64. The number of rotatable bonds is 4. The standard InChI is InChI=1S/C20H23N9OS/c1-2-14-19-27-24-11-28(19)15-10-22-17(13-9-23-26-16(13)20-21-5-8-31-20)25-18(15)29(14)12-3-6-30-7-4-12/h5,8-14,16,26H,2-4,6-7H2,1H3/t13?,14-,16?/m1/s1. The van der Waals surface area contributed by atoms with E-state index in [1.54, 1.807) is 17.7 Å². The van der Waals surface area contributed by atoms with E-state index in [1.807, 2.05) is 28.6 Å². The summed E-state index contributed by atoms with van der Waals surface area (Å²) in [7, 11) is 0. The molecule has 6 heterocycles. The van der Waals surface area contributed by atoms with Gasteiger partial charge in [0, 0.05) is 37.0 Å². The first-order valence-electron chi connectivity index (χ1n) is 10.7. The van der Waals surface area contributed by atoms with E-state index in [2.05, 4.69) is 37.5 Å². The maximum Gasteiger partial charge on any atom is 0.160 e. The molecule has 0 bridgehead atoms. The lowest BCUT2D eigenvalue weighted by atomic mass is 9.99. The monoisotopic (exact) mass is 437 g/mol. The third-order valence-corrected chi connectivity index (χ3v) is 7.13. The van der Waals surface area contributed by atoms with Crippen LogP contribution in [0.25, 0.3) is 5.69 Å². The SMILES string of the molecule is CC[C@@H]1c2nncn2-c2cnc(C3C=NNC3c3nccs3)nc2N1C1CCOCC1. The molecule has 31 heavy (non-hydrogen) atoms. The molecule has 2 unspecified atom stereocenters. The van der Waals surface area contributed by atoms with E-state index < -0.39 is 0 Å². The van der Waals surface area contributed by atoms with Gasteiger partial charge in [0.2, 0.25) is 0 Å². The molecule has 3 aliphatic heterocycles.